The van der Waals surface area contributed by atoms with Crippen LogP contribution in [0.5, 0.6) is 5.75 Å². The van der Waals surface area contributed by atoms with Crippen LogP contribution in [0.25, 0.3) is 21.8 Å². The van der Waals surface area contributed by atoms with Crippen LogP contribution in [-0.4, -0.2) is 21.4 Å². The smallest absolute Gasteiger partial charge is 0.154 e. The Morgan fingerprint density at radius 1 is 1.07 bits per heavy atom. The average Bonchev–Trinajstić information content (AvgIpc) is 3.11. The Balaban J connectivity index is 1.72. The zero-order valence-electron chi connectivity index (χ0n) is 15.0. The number of para-hydroxylation sites is 1. The third-order valence-corrected chi connectivity index (χ3v) is 5.72. The Bertz CT molecular complexity index is 1190. The van der Waals surface area contributed by atoms with Crippen LogP contribution in [0.4, 0.5) is 0 Å². The van der Waals surface area contributed by atoms with Crippen molar-refractivity contribution in [2.24, 2.45) is 0 Å². The van der Waals surface area contributed by atoms with Gasteiger partial charge in [-0.15, -0.1) is 0 Å². The van der Waals surface area contributed by atoms with E-state index in [1.54, 1.807) is 0 Å². The number of rotatable bonds is 3. The number of aldehydes is 1. The fraction of sp³-hybridized carbons (Fsp3) is 0.217. The molecule has 0 fully saturated rings. The molecule has 4 aromatic rings. The van der Waals surface area contributed by atoms with Crippen LogP contribution in [0.1, 0.15) is 45.6 Å². The topological polar surface area (TPSA) is 66.0 Å². The molecule has 4 nitrogen and oxygen atoms in total. The molecule has 134 valence electrons. The number of H-pyrrole nitrogens is 1. The van der Waals surface area contributed by atoms with E-state index in [9.17, 15) is 9.90 Å². The molecule has 2 aromatic heterocycles. The molecule has 4 heteroatoms. The van der Waals surface area contributed by atoms with Crippen LogP contribution in [0.15, 0.2) is 42.6 Å². The number of nitrogens with zero attached hydrogens (tertiary/aromatic N) is 1. The highest BCUT2D eigenvalue weighted by atomic mass is 16.3. The van der Waals surface area contributed by atoms with E-state index in [2.05, 4.69) is 17.1 Å². The van der Waals surface area contributed by atoms with Crippen molar-refractivity contribution >= 4 is 28.1 Å². The number of aromatic nitrogens is 2. The fourth-order valence-corrected chi connectivity index (χ4v) is 4.33. The Kier molecular flexibility index (Phi) is 3.71. The van der Waals surface area contributed by atoms with Crippen LogP contribution in [0.3, 0.4) is 0 Å². The molecule has 0 amide bonds. The summed E-state index contributed by atoms with van der Waals surface area (Å²) in [7, 11) is 0. The van der Waals surface area contributed by atoms with Gasteiger partial charge < -0.3 is 10.1 Å². The van der Waals surface area contributed by atoms with Gasteiger partial charge >= 0.3 is 0 Å². The lowest BCUT2D eigenvalue weighted by Gasteiger charge is -2.19. The van der Waals surface area contributed by atoms with Crippen molar-refractivity contribution < 1.29 is 9.90 Å². The first-order valence-corrected chi connectivity index (χ1v) is 9.42. The molecule has 0 bridgehead atoms. The van der Waals surface area contributed by atoms with Crippen LogP contribution < -0.4 is 0 Å². The molecule has 2 N–H and O–H groups in total. The van der Waals surface area contributed by atoms with Gasteiger partial charge in [0.15, 0.2) is 6.29 Å². The minimum absolute atomic E-state index is 0.00135. The molecule has 5 rings (SSSR count). The van der Waals surface area contributed by atoms with Crippen molar-refractivity contribution in [1.29, 1.82) is 0 Å². The lowest BCUT2D eigenvalue weighted by molar-refractivity contribution is 0.112. The normalized spacial score (nSPS) is 13.8. The maximum absolute atomic E-state index is 11.8. The third kappa shape index (κ3) is 2.52. The maximum atomic E-state index is 11.8. The third-order valence-electron chi connectivity index (χ3n) is 5.72. The summed E-state index contributed by atoms with van der Waals surface area (Å²) in [6.07, 6.45) is 7.57. The zero-order chi connectivity index (χ0) is 18.4. The number of aryl methyl sites for hydroxylation is 2. The molecular formula is C23H20N2O2. The lowest BCUT2D eigenvalue weighted by atomic mass is 9.88. The number of hydrogen-bond donors (Lipinski definition) is 2. The summed E-state index contributed by atoms with van der Waals surface area (Å²) in [6, 6.07) is 12.1. The number of pyridine rings is 1. The summed E-state index contributed by atoms with van der Waals surface area (Å²) in [5.41, 5.74) is 6.47. The lowest BCUT2D eigenvalue weighted by Crippen LogP contribution is -2.07. The second-order valence-electron chi connectivity index (χ2n) is 7.28. The number of nitrogens with one attached hydrogen (secondary N) is 1. The second kappa shape index (κ2) is 6.23. The summed E-state index contributed by atoms with van der Waals surface area (Å²) in [4.78, 5) is 19.9. The van der Waals surface area contributed by atoms with Crippen LogP contribution in [-0.2, 0) is 19.3 Å². The second-order valence-corrected chi connectivity index (χ2v) is 7.28. The van der Waals surface area contributed by atoms with Gasteiger partial charge in [-0.1, -0.05) is 30.3 Å². The van der Waals surface area contributed by atoms with E-state index in [0.717, 1.165) is 52.9 Å². The number of fused-ring (bicyclic) bond motifs is 4. The minimum Gasteiger partial charge on any atom is -0.505 e. The molecule has 27 heavy (non-hydrogen) atoms. The van der Waals surface area contributed by atoms with E-state index in [1.807, 2.05) is 30.5 Å². The number of carbonyl (C=O) groups excluding carboxylic acids is 1. The summed E-state index contributed by atoms with van der Waals surface area (Å²) >= 11 is 0. The molecule has 0 saturated heterocycles. The van der Waals surface area contributed by atoms with Crippen molar-refractivity contribution in [3.05, 3.63) is 70.5 Å². The van der Waals surface area contributed by atoms with Gasteiger partial charge in [0.25, 0.3) is 0 Å². The van der Waals surface area contributed by atoms with Gasteiger partial charge in [0.1, 0.15) is 5.75 Å². The van der Waals surface area contributed by atoms with Gasteiger partial charge in [0.2, 0.25) is 0 Å². The largest absolute Gasteiger partial charge is 0.505 e. The maximum Gasteiger partial charge on any atom is 0.154 e. The molecule has 0 spiro atoms. The molecule has 2 heterocycles. The Morgan fingerprint density at radius 3 is 2.81 bits per heavy atom. The molecular weight excluding hydrogens is 336 g/mol. The van der Waals surface area contributed by atoms with Crippen LogP contribution >= 0.6 is 0 Å². The highest BCUT2D eigenvalue weighted by molar-refractivity contribution is 6.01. The fourth-order valence-electron chi connectivity index (χ4n) is 4.33. The van der Waals surface area contributed by atoms with Gasteiger partial charge in [-0.25, -0.2) is 4.98 Å². The Morgan fingerprint density at radius 2 is 1.93 bits per heavy atom. The summed E-state index contributed by atoms with van der Waals surface area (Å²) in [5.74, 6) is -0.00135. The average molecular weight is 356 g/mol. The molecule has 0 aliphatic heterocycles. The van der Waals surface area contributed by atoms with Gasteiger partial charge in [-0.3, -0.25) is 4.79 Å². The monoisotopic (exact) mass is 356 g/mol. The zero-order valence-corrected chi connectivity index (χ0v) is 15.0. The van der Waals surface area contributed by atoms with Crippen molar-refractivity contribution in [2.75, 3.05) is 0 Å². The molecule has 2 aromatic carbocycles. The molecule has 0 saturated carbocycles. The highest BCUT2D eigenvalue weighted by Gasteiger charge is 2.20. The van der Waals surface area contributed by atoms with E-state index in [4.69, 9.17) is 4.98 Å². The first-order valence-electron chi connectivity index (χ1n) is 9.42. The minimum atomic E-state index is -0.00135. The predicted molar refractivity (Wildman–Crippen MR) is 107 cm³/mol. The SMILES string of the molecule is O=Cc1c(O)c(Cc2c[nH]c3ccccc23)nc2c3c(ccc12)CCCC3. The van der Waals surface area contributed by atoms with Crippen LogP contribution in [0, 0.1) is 0 Å². The van der Waals surface area contributed by atoms with Crippen molar-refractivity contribution in [1.82, 2.24) is 9.97 Å². The van der Waals surface area contributed by atoms with E-state index < -0.39 is 0 Å². The van der Waals surface area contributed by atoms with Crippen molar-refractivity contribution in [3.8, 4) is 5.75 Å². The van der Waals surface area contributed by atoms with Gasteiger partial charge in [-0.05, 0) is 48.4 Å². The van der Waals surface area contributed by atoms with E-state index in [1.165, 1.54) is 17.5 Å². The van der Waals surface area contributed by atoms with Crippen molar-refractivity contribution in [2.45, 2.75) is 32.1 Å². The number of aromatic amines is 1. The molecule has 0 unspecified atom stereocenters. The number of aromatic hydroxyl groups is 1. The van der Waals surface area contributed by atoms with E-state index in [-0.39, 0.29) is 5.75 Å². The van der Waals surface area contributed by atoms with Gasteiger partial charge in [0, 0.05) is 28.9 Å². The number of benzene rings is 2. The van der Waals surface area contributed by atoms with E-state index in [0.29, 0.717) is 17.7 Å². The summed E-state index contributed by atoms with van der Waals surface area (Å²) in [6.45, 7) is 0. The van der Waals surface area contributed by atoms with Crippen molar-refractivity contribution in [3.63, 3.8) is 0 Å². The van der Waals surface area contributed by atoms with Gasteiger partial charge in [0.05, 0.1) is 16.8 Å². The first-order chi connectivity index (χ1) is 13.3. The van der Waals surface area contributed by atoms with Gasteiger partial charge in [-0.2, -0.15) is 0 Å². The van der Waals surface area contributed by atoms with Crippen LogP contribution in [0.2, 0.25) is 0 Å². The quantitative estimate of drug-likeness (QED) is 0.523. The summed E-state index contributed by atoms with van der Waals surface area (Å²) < 4.78 is 0. The number of hydrogen-bond acceptors (Lipinski definition) is 3. The molecule has 0 atom stereocenters. The first kappa shape index (κ1) is 16.1. The number of carbonyl (C=O) groups is 1. The highest BCUT2D eigenvalue weighted by Crippen LogP contribution is 2.35. The Hall–Kier alpha value is -3.14. The molecule has 1 aliphatic rings. The Labute approximate surface area is 156 Å². The standard InChI is InChI=1S/C23H20N2O2/c26-13-19-18-10-9-14-5-1-2-7-17(14)22(18)25-21(23(19)27)11-15-12-24-20-8-4-3-6-16(15)20/h3-4,6,8-10,12-13,24,27H,1-2,5,7,11H2. The van der Waals surface area contributed by atoms with E-state index >= 15 is 0 Å². The molecule has 0 radical (unpaired) electrons. The predicted octanol–water partition coefficient (Wildman–Crippen LogP) is 4.70. The summed E-state index contributed by atoms with van der Waals surface area (Å²) in [5, 5.41) is 12.6. The molecule has 1 aliphatic carbocycles.